The molecule has 0 aliphatic carbocycles. The predicted molar refractivity (Wildman–Crippen MR) is 66.1 cm³/mol. The molecule has 0 aromatic heterocycles. The Balaban J connectivity index is 2.34. The van der Waals surface area contributed by atoms with Crippen molar-refractivity contribution in [1.82, 2.24) is 0 Å². The van der Waals surface area contributed by atoms with Crippen LogP contribution in [0, 0.1) is 0 Å². The van der Waals surface area contributed by atoms with E-state index in [1.54, 1.807) is 0 Å². The third kappa shape index (κ3) is 6.41. The smallest absolute Gasteiger partial charge is 0.264 e. The SMILES string of the molecule is CC[C@H](COCc1ccccc1)OS(C)(=O)=O. The summed E-state index contributed by atoms with van der Waals surface area (Å²) in [5.74, 6) is 0. The molecule has 0 saturated heterocycles. The maximum Gasteiger partial charge on any atom is 0.264 e. The van der Waals surface area contributed by atoms with Gasteiger partial charge in [-0.25, -0.2) is 0 Å². The predicted octanol–water partition coefficient (Wildman–Crippen LogP) is 1.96. The maximum atomic E-state index is 11.0. The standard InChI is InChI=1S/C12H18O4S/c1-3-12(16-17(2,13)14)10-15-9-11-7-5-4-6-8-11/h4-8,12H,3,9-10H2,1-2H3/t12-/m1/s1. The van der Waals surface area contributed by atoms with Gasteiger partial charge in [0, 0.05) is 0 Å². The highest BCUT2D eigenvalue weighted by Crippen LogP contribution is 2.06. The summed E-state index contributed by atoms with van der Waals surface area (Å²) < 4.78 is 32.2. The molecule has 0 unspecified atom stereocenters. The average molecular weight is 258 g/mol. The lowest BCUT2D eigenvalue weighted by Crippen LogP contribution is -2.22. The highest BCUT2D eigenvalue weighted by molar-refractivity contribution is 7.86. The van der Waals surface area contributed by atoms with Crippen LogP contribution in [0.3, 0.4) is 0 Å². The third-order valence-corrected chi connectivity index (χ3v) is 2.80. The molecule has 0 heterocycles. The fourth-order valence-electron chi connectivity index (χ4n) is 1.34. The fourth-order valence-corrected chi connectivity index (χ4v) is 2.03. The second-order valence-electron chi connectivity index (χ2n) is 3.83. The van der Waals surface area contributed by atoms with E-state index < -0.39 is 16.2 Å². The van der Waals surface area contributed by atoms with Crippen LogP contribution >= 0.6 is 0 Å². The molecular weight excluding hydrogens is 240 g/mol. The summed E-state index contributed by atoms with van der Waals surface area (Å²) in [5, 5.41) is 0. The highest BCUT2D eigenvalue weighted by atomic mass is 32.2. The van der Waals surface area contributed by atoms with Crippen molar-refractivity contribution in [1.29, 1.82) is 0 Å². The molecule has 4 nitrogen and oxygen atoms in total. The molecule has 96 valence electrons. The summed E-state index contributed by atoms with van der Waals surface area (Å²) in [6.07, 6.45) is 1.24. The lowest BCUT2D eigenvalue weighted by Gasteiger charge is -2.14. The number of benzene rings is 1. The van der Waals surface area contributed by atoms with Crippen molar-refractivity contribution in [2.45, 2.75) is 26.1 Å². The largest absolute Gasteiger partial charge is 0.374 e. The maximum absolute atomic E-state index is 11.0. The number of hydrogen-bond acceptors (Lipinski definition) is 4. The van der Waals surface area contributed by atoms with Crippen LogP contribution in [0.25, 0.3) is 0 Å². The Morgan fingerprint density at radius 2 is 1.88 bits per heavy atom. The van der Waals surface area contributed by atoms with Crippen LogP contribution in [0.1, 0.15) is 18.9 Å². The zero-order valence-corrected chi connectivity index (χ0v) is 10.9. The van der Waals surface area contributed by atoms with E-state index in [4.69, 9.17) is 8.92 Å². The van der Waals surface area contributed by atoms with Crippen molar-refractivity contribution in [2.24, 2.45) is 0 Å². The number of ether oxygens (including phenoxy) is 1. The molecule has 0 fully saturated rings. The Hall–Kier alpha value is -0.910. The molecule has 0 N–H and O–H groups in total. The van der Waals surface area contributed by atoms with Gasteiger partial charge in [-0.2, -0.15) is 8.42 Å². The molecule has 1 rings (SSSR count). The second kappa shape index (κ2) is 6.74. The first kappa shape index (κ1) is 14.2. The van der Waals surface area contributed by atoms with Crippen LogP contribution in [-0.2, 0) is 25.6 Å². The minimum Gasteiger partial charge on any atom is -0.374 e. The van der Waals surface area contributed by atoms with Gasteiger partial charge in [-0.05, 0) is 12.0 Å². The normalized spacial score (nSPS) is 13.5. The van der Waals surface area contributed by atoms with Crippen molar-refractivity contribution in [3.05, 3.63) is 35.9 Å². The molecule has 0 aliphatic rings. The number of hydrogen-bond donors (Lipinski definition) is 0. The summed E-state index contributed by atoms with van der Waals surface area (Å²) in [7, 11) is -3.41. The lowest BCUT2D eigenvalue weighted by atomic mass is 10.2. The van der Waals surface area contributed by atoms with Crippen LogP contribution < -0.4 is 0 Å². The molecule has 0 amide bonds. The molecule has 0 spiro atoms. The second-order valence-corrected chi connectivity index (χ2v) is 5.43. The molecule has 0 aliphatic heterocycles. The summed E-state index contributed by atoms with van der Waals surface area (Å²) in [4.78, 5) is 0. The van der Waals surface area contributed by atoms with E-state index in [2.05, 4.69) is 0 Å². The van der Waals surface area contributed by atoms with Gasteiger partial charge in [-0.15, -0.1) is 0 Å². The van der Waals surface area contributed by atoms with E-state index in [1.807, 2.05) is 37.3 Å². The molecule has 1 aromatic carbocycles. The van der Waals surface area contributed by atoms with Crippen LogP contribution in [0.15, 0.2) is 30.3 Å². The Bertz CT molecular complexity index is 413. The number of rotatable bonds is 7. The first-order valence-electron chi connectivity index (χ1n) is 5.51. The van der Waals surface area contributed by atoms with E-state index in [-0.39, 0.29) is 6.61 Å². The Labute approximate surface area is 103 Å². The Morgan fingerprint density at radius 1 is 1.24 bits per heavy atom. The van der Waals surface area contributed by atoms with Crippen molar-refractivity contribution in [3.8, 4) is 0 Å². The first-order valence-corrected chi connectivity index (χ1v) is 7.33. The molecule has 0 bridgehead atoms. The third-order valence-electron chi connectivity index (χ3n) is 2.18. The van der Waals surface area contributed by atoms with Gasteiger partial charge in [-0.1, -0.05) is 37.3 Å². The molecule has 0 saturated carbocycles. The van der Waals surface area contributed by atoms with Gasteiger partial charge in [0.2, 0.25) is 0 Å². The first-order chi connectivity index (χ1) is 8.01. The van der Waals surface area contributed by atoms with Crippen molar-refractivity contribution in [2.75, 3.05) is 12.9 Å². The monoisotopic (exact) mass is 258 g/mol. The molecule has 1 aromatic rings. The molecular formula is C12H18O4S. The van der Waals surface area contributed by atoms with Crippen LogP contribution in [0.2, 0.25) is 0 Å². The minimum atomic E-state index is -3.41. The van der Waals surface area contributed by atoms with E-state index in [9.17, 15) is 8.42 Å². The topological polar surface area (TPSA) is 52.6 Å². The van der Waals surface area contributed by atoms with Crippen molar-refractivity contribution < 1.29 is 17.3 Å². The van der Waals surface area contributed by atoms with Crippen molar-refractivity contribution in [3.63, 3.8) is 0 Å². The van der Waals surface area contributed by atoms with E-state index in [0.717, 1.165) is 11.8 Å². The van der Waals surface area contributed by atoms with E-state index in [0.29, 0.717) is 13.0 Å². The van der Waals surface area contributed by atoms with Gasteiger partial charge in [-0.3, -0.25) is 4.18 Å². The van der Waals surface area contributed by atoms with Gasteiger partial charge >= 0.3 is 0 Å². The van der Waals surface area contributed by atoms with Crippen molar-refractivity contribution >= 4 is 10.1 Å². The summed E-state index contributed by atoms with van der Waals surface area (Å²) >= 11 is 0. The van der Waals surface area contributed by atoms with Gasteiger partial charge in [0.25, 0.3) is 10.1 Å². The minimum absolute atomic E-state index is 0.276. The lowest BCUT2D eigenvalue weighted by molar-refractivity contribution is 0.0430. The average Bonchev–Trinajstić information content (AvgIpc) is 2.27. The zero-order valence-electron chi connectivity index (χ0n) is 10.1. The van der Waals surface area contributed by atoms with Crippen LogP contribution in [-0.4, -0.2) is 27.4 Å². The quantitative estimate of drug-likeness (QED) is 0.702. The molecule has 0 radical (unpaired) electrons. The van der Waals surface area contributed by atoms with E-state index >= 15 is 0 Å². The van der Waals surface area contributed by atoms with Crippen LogP contribution in [0.5, 0.6) is 0 Å². The summed E-state index contributed by atoms with van der Waals surface area (Å²) in [6.45, 7) is 2.60. The molecule has 1 atom stereocenters. The van der Waals surface area contributed by atoms with Gasteiger partial charge < -0.3 is 4.74 Å². The molecule has 5 heteroatoms. The van der Waals surface area contributed by atoms with E-state index in [1.165, 1.54) is 0 Å². The van der Waals surface area contributed by atoms with Crippen LogP contribution in [0.4, 0.5) is 0 Å². The Kier molecular flexibility index (Phi) is 5.61. The summed E-state index contributed by atoms with van der Waals surface area (Å²) in [5.41, 5.74) is 1.06. The Morgan fingerprint density at radius 3 is 2.41 bits per heavy atom. The zero-order chi connectivity index (χ0) is 12.7. The molecule has 17 heavy (non-hydrogen) atoms. The van der Waals surface area contributed by atoms with Gasteiger partial charge in [0.05, 0.1) is 19.5 Å². The fraction of sp³-hybridized carbons (Fsp3) is 0.500. The van der Waals surface area contributed by atoms with Gasteiger partial charge in [0.1, 0.15) is 6.10 Å². The summed E-state index contributed by atoms with van der Waals surface area (Å²) in [6, 6.07) is 9.72. The highest BCUT2D eigenvalue weighted by Gasteiger charge is 2.13. The van der Waals surface area contributed by atoms with Gasteiger partial charge in [0.15, 0.2) is 0 Å².